The predicted octanol–water partition coefficient (Wildman–Crippen LogP) is 0.859. The molecule has 1 fully saturated rings. The Labute approximate surface area is 119 Å². The average molecular weight is 330 g/mol. The Bertz CT molecular complexity index is 670. The van der Waals surface area contributed by atoms with Crippen LogP contribution in [0.3, 0.4) is 0 Å². The van der Waals surface area contributed by atoms with Crippen molar-refractivity contribution in [2.24, 2.45) is 0 Å². The molecule has 2 rings (SSSR count). The van der Waals surface area contributed by atoms with Gasteiger partial charge >= 0.3 is 17.8 Å². The zero-order valence-corrected chi connectivity index (χ0v) is 11.0. The minimum Gasteiger partial charge on any atom is -0.390 e. The largest absolute Gasteiger partial charge is 0.458 e. The Morgan fingerprint density at radius 3 is 2.36 bits per heavy atom. The lowest BCUT2D eigenvalue weighted by Crippen LogP contribution is -2.43. The van der Waals surface area contributed by atoms with Gasteiger partial charge in [-0.05, 0) is 6.92 Å². The van der Waals surface area contributed by atoms with Crippen molar-refractivity contribution in [3.05, 3.63) is 32.6 Å². The highest BCUT2D eigenvalue weighted by Crippen LogP contribution is 2.42. The first-order valence-electron chi connectivity index (χ1n) is 6.09. The van der Waals surface area contributed by atoms with Crippen LogP contribution in [0.4, 0.5) is 22.0 Å². The van der Waals surface area contributed by atoms with Crippen molar-refractivity contribution in [3.8, 4) is 0 Å². The molecule has 11 heteroatoms. The lowest BCUT2D eigenvalue weighted by molar-refractivity contribution is -0.290. The molecule has 1 aliphatic rings. The summed E-state index contributed by atoms with van der Waals surface area (Å²) in [7, 11) is 0. The van der Waals surface area contributed by atoms with Crippen molar-refractivity contribution in [2.45, 2.75) is 43.9 Å². The van der Waals surface area contributed by atoms with Gasteiger partial charge in [-0.2, -0.15) is 22.0 Å². The van der Waals surface area contributed by atoms with Crippen molar-refractivity contribution in [3.63, 3.8) is 0 Å². The van der Waals surface area contributed by atoms with Crippen LogP contribution in [-0.4, -0.2) is 33.0 Å². The standard InChI is InChI=1S/C11H11F5N2O4/c1-4-6(19)2-7(22-4)18-3-5(8(20)17-9(18)21)10(12,13)11(14,15)16/h3-4,6-7,19H,2H2,1H3,(H,17,20,21)/t4-,6?,7-/m0/s1. The maximum absolute atomic E-state index is 13.3. The second-order valence-electron chi connectivity index (χ2n) is 4.88. The van der Waals surface area contributed by atoms with Crippen molar-refractivity contribution in [1.29, 1.82) is 0 Å². The summed E-state index contributed by atoms with van der Waals surface area (Å²) < 4.78 is 69.3. The first-order chi connectivity index (χ1) is 9.95. The second kappa shape index (κ2) is 5.16. The summed E-state index contributed by atoms with van der Waals surface area (Å²) in [4.78, 5) is 24.3. The van der Waals surface area contributed by atoms with Crippen LogP contribution in [0.2, 0.25) is 0 Å². The van der Waals surface area contributed by atoms with E-state index in [0.717, 1.165) is 0 Å². The molecule has 3 atom stereocenters. The van der Waals surface area contributed by atoms with E-state index in [9.17, 15) is 36.6 Å². The zero-order valence-electron chi connectivity index (χ0n) is 11.0. The van der Waals surface area contributed by atoms with Crippen molar-refractivity contribution >= 4 is 0 Å². The van der Waals surface area contributed by atoms with Gasteiger partial charge in [0.05, 0.1) is 12.2 Å². The Kier molecular flexibility index (Phi) is 3.90. The lowest BCUT2D eigenvalue weighted by Gasteiger charge is -2.21. The zero-order chi connectivity index (χ0) is 16.9. The number of nitrogens with one attached hydrogen (secondary N) is 1. The Morgan fingerprint density at radius 2 is 1.91 bits per heavy atom. The average Bonchev–Trinajstić information content (AvgIpc) is 2.67. The number of alkyl halides is 5. The smallest absolute Gasteiger partial charge is 0.390 e. The Hall–Kier alpha value is -1.75. The first kappa shape index (κ1) is 16.6. The number of halogens is 5. The number of aliphatic hydroxyl groups excluding tert-OH is 1. The summed E-state index contributed by atoms with van der Waals surface area (Å²) in [6.07, 6.45) is -9.08. The number of ether oxygens (including phenoxy) is 1. The number of nitrogens with zero attached hydrogens (tertiary/aromatic N) is 1. The molecule has 1 aromatic heterocycles. The summed E-state index contributed by atoms with van der Waals surface area (Å²) in [6.45, 7) is 1.44. The number of aromatic nitrogens is 2. The lowest BCUT2D eigenvalue weighted by atomic mass is 10.1. The number of H-pyrrole nitrogens is 1. The van der Waals surface area contributed by atoms with Crippen LogP contribution in [0.5, 0.6) is 0 Å². The van der Waals surface area contributed by atoms with Crippen molar-refractivity contribution in [1.82, 2.24) is 9.55 Å². The van der Waals surface area contributed by atoms with Gasteiger partial charge in [0.15, 0.2) is 0 Å². The SMILES string of the molecule is C[C@@H]1O[C@H](n2cc(C(F)(F)C(F)(F)F)c(=O)[nH]c2=O)CC1O. The van der Waals surface area contributed by atoms with E-state index < -0.39 is 47.3 Å². The van der Waals surface area contributed by atoms with Gasteiger partial charge in [-0.25, -0.2) is 4.79 Å². The molecule has 0 saturated carbocycles. The Balaban J connectivity index is 2.54. The number of rotatable bonds is 2. The molecule has 0 bridgehead atoms. The summed E-state index contributed by atoms with van der Waals surface area (Å²) in [5.74, 6) is -5.43. The highest BCUT2D eigenvalue weighted by molar-refractivity contribution is 5.15. The molecule has 0 spiro atoms. The highest BCUT2D eigenvalue weighted by Gasteiger charge is 2.60. The van der Waals surface area contributed by atoms with E-state index in [1.165, 1.54) is 11.9 Å². The fraction of sp³-hybridized carbons (Fsp3) is 0.636. The summed E-state index contributed by atoms with van der Waals surface area (Å²) in [5, 5.41) is 9.49. The molecular weight excluding hydrogens is 319 g/mol. The topological polar surface area (TPSA) is 84.3 Å². The van der Waals surface area contributed by atoms with Crippen LogP contribution >= 0.6 is 0 Å². The van der Waals surface area contributed by atoms with Crippen LogP contribution in [-0.2, 0) is 10.7 Å². The van der Waals surface area contributed by atoms with E-state index >= 15 is 0 Å². The molecule has 22 heavy (non-hydrogen) atoms. The molecule has 2 N–H and O–H groups in total. The summed E-state index contributed by atoms with van der Waals surface area (Å²) in [5.41, 5.74) is -4.97. The fourth-order valence-corrected chi connectivity index (χ4v) is 2.05. The number of hydrogen-bond acceptors (Lipinski definition) is 4. The van der Waals surface area contributed by atoms with E-state index in [1.54, 1.807) is 0 Å². The molecule has 1 aromatic rings. The van der Waals surface area contributed by atoms with Crippen LogP contribution in [0, 0.1) is 0 Å². The van der Waals surface area contributed by atoms with Gasteiger partial charge in [-0.1, -0.05) is 0 Å². The van der Waals surface area contributed by atoms with E-state index in [0.29, 0.717) is 4.57 Å². The van der Waals surface area contributed by atoms with Crippen LogP contribution in [0.25, 0.3) is 0 Å². The quantitative estimate of drug-likeness (QED) is 0.788. The molecule has 6 nitrogen and oxygen atoms in total. The van der Waals surface area contributed by atoms with Gasteiger partial charge in [0.2, 0.25) is 0 Å². The van der Waals surface area contributed by atoms with Gasteiger partial charge in [-0.3, -0.25) is 14.3 Å². The van der Waals surface area contributed by atoms with E-state index in [1.807, 2.05) is 0 Å². The van der Waals surface area contributed by atoms with Gasteiger partial charge in [-0.15, -0.1) is 0 Å². The van der Waals surface area contributed by atoms with Gasteiger partial charge in [0.1, 0.15) is 11.8 Å². The molecule has 0 aromatic carbocycles. The molecule has 0 aliphatic carbocycles. The van der Waals surface area contributed by atoms with E-state index in [-0.39, 0.29) is 12.6 Å². The second-order valence-corrected chi connectivity index (χ2v) is 4.88. The normalized spacial score (nSPS) is 26.4. The first-order valence-corrected chi connectivity index (χ1v) is 6.09. The summed E-state index contributed by atoms with van der Waals surface area (Å²) in [6, 6.07) is 0. The maximum atomic E-state index is 13.3. The number of hydrogen-bond donors (Lipinski definition) is 2. The van der Waals surface area contributed by atoms with Crippen molar-refractivity contribution in [2.75, 3.05) is 0 Å². The van der Waals surface area contributed by atoms with Gasteiger partial charge in [0, 0.05) is 12.6 Å². The fourth-order valence-electron chi connectivity index (χ4n) is 2.05. The predicted molar refractivity (Wildman–Crippen MR) is 61.5 cm³/mol. The molecule has 1 aliphatic heterocycles. The molecule has 1 unspecified atom stereocenters. The van der Waals surface area contributed by atoms with Crippen molar-refractivity contribution < 1.29 is 31.8 Å². The molecule has 124 valence electrons. The molecule has 0 amide bonds. The Morgan fingerprint density at radius 1 is 1.32 bits per heavy atom. The van der Waals surface area contributed by atoms with E-state index in [4.69, 9.17) is 4.74 Å². The molecule has 2 heterocycles. The summed E-state index contributed by atoms with van der Waals surface area (Å²) >= 11 is 0. The number of aromatic amines is 1. The van der Waals surface area contributed by atoms with Crippen LogP contribution < -0.4 is 11.2 Å². The third-order valence-electron chi connectivity index (χ3n) is 3.33. The van der Waals surface area contributed by atoms with E-state index in [2.05, 4.69) is 0 Å². The van der Waals surface area contributed by atoms with Crippen LogP contribution in [0.15, 0.2) is 15.8 Å². The minimum absolute atomic E-state index is 0.115. The number of aliphatic hydroxyl groups is 1. The van der Waals surface area contributed by atoms with Crippen LogP contribution in [0.1, 0.15) is 25.1 Å². The van der Waals surface area contributed by atoms with Gasteiger partial charge < -0.3 is 9.84 Å². The maximum Gasteiger partial charge on any atom is 0.458 e. The monoisotopic (exact) mass is 330 g/mol. The molecule has 0 radical (unpaired) electrons. The minimum atomic E-state index is -5.99. The van der Waals surface area contributed by atoms with Gasteiger partial charge in [0.25, 0.3) is 5.56 Å². The molecule has 1 saturated heterocycles. The third kappa shape index (κ3) is 2.65. The highest BCUT2D eigenvalue weighted by atomic mass is 19.4. The third-order valence-corrected chi connectivity index (χ3v) is 3.33. The molecular formula is C11H11F5N2O4.